The van der Waals surface area contributed by atoms with E-state index in [-0.39, 0.29) is 12.1 Å². The number of anilines is 1. The van der Waals surface area contributed by atoms with Gasteiger partial charge in [0, 0.05) is 30.3 Å². The molecular formula is C12H13ClN4O. The van der Waals surface area contributed by atoms with Crippen LogP contribution in [0.5, 0.6) is 0 Å². The van der Waals surface area contributed by atoms with Gasteiger partial charge < -0.3 is 10.1 Å². The molecule has 6 heteroatoms. The van der Waals surface area contributed by atoms with Crippen LogP contribution in [0.2, 0.25) is 5.15 Å². The minimum absolute atomic E-state index is 0.245. The van der Waals surface area contributed by atoms with Crippen molar-refractivity contribution in [2.45, 2.75) is 25.0 Å². The Bertz CT molecular complexity index is 575. The highest BCUT2D eigenvalue weighted by Gasteiger charge is 2.31. The van der Waals surface area contributed by atoms with Crippen LogP contribution < -0.4 is 5.32 Å². The first-order valence-corrected chi connectivity index (χ1v) is 6.22. The number of hydrogen-bond donors (Lipinski definition) is 1. The van der Waals surface area contributed by atoms with E-state index in [0.717, 1.165) is 23.6 Å². The second-order valence-corrected chi connectivity index (χ2v) is 4.72. The first kappa shape index (κ1) is 11.6. The second-order valence-electron chi connectivity index (χ2n) is 4.36. The van der Waals surface area contributed by atoms with Gasteiger partial charge >= 0.3 is 0 Å². The van der Waals surface area contributed by atoms with Gasteiger partial charge in [-0.05, 0) is 18.9 Å². The lowest BCUT2D eigenvalue weighted by molar-refractivity contribution is 0.0285. The Morgan fingerprint density at radius 2 is 2.22 bits per heavy atom. The van der Waals surface area contributed by atoms with Crippen LogP contribution in [0.25, 0.3) is 10.8 Å². The molecule has 1 aliphatic carbocycles. The molecule has 0 bridgehead atoms. The third-order valence-electron chi connectivity index (χ3n) is 3.37. The van der Waals surface area contributed by atoms with Crippen LogP contribution in [-0.4, -0.2) is 34.4 Å². The van der Waals surface area contributed by atoms with E-state index in [1.165, 1.54) is 0 Å². The Labute approximate surface area is 110 Å². The van der Waals surface area contributed by atoms with Crippen molar-refractivity contribution in [2.75, 3.05) is 12.4 Å². The van der Waals surface area contributed by atoms with E-state index in [4.69, 9.17) is 16.3 Å². The molecule has 0 unspecified atom stereocenters. The monoisotopic (exact) mass is 264 g/mol. The van der Waals surface area contributed by atoms with Gasteiger partial charge in [0.05, 0.1) is 12.1 Å². The van der Waals surface area contributed by atoms with Crippen LogP contribution in [0.1, 0.15) is 12.8 Å². The van der Waals surface area contributed by atoms with Crippen molar-refractivity contribution in [1.29, 1.82) is 0 Å². The molecule has 5 nitrogen and oxygen atoms in total. The fourth-order valence-electron chi connectivity index (χ4n) is 2.16. The first-order valence-electron chi connectivity index (χ1n) is 5.85. The predicted octanol–water partition coefficient (Wildman–Crippen LogP) is 2.27. The molecule has 1 N–H and O–H groups in total. The Hall–Kier alpha value is -1.46. The average molecular weight is 265 g/mol. The zero-order chi connectivity index (χ0) is 12.5. The van der Waals surface area contributed by atoms with Gasteiger partial charge in [-0.1, -0.05) is 11.6 Å². The fourth-order valence-corrected chi connectivity index (χ4v) is 2.37. The lowest BCUT2D eigenvalue weighted by Crippen LogP contribution is -2.44. The predicted molar refractivity (Wildman–Crippen MR) is 69.8 cm³/mol. The van der Waals surface area contributed by atoms with E-state index in [9.17, 15) is 0 Å². The van der Waals surface area contributed by atoms with Gasteiger partial charge in [-0.3, -0.25) is 4.98 Å². The number of hydrogen-bond acceptors (Lipinski definition) is 5. The zero-order valence-electron chi connectivity index (χ0n) is 9.93. The van der Waals surface area contributed by atoms with Crippen molar-refractivity contribution >= 4 is 28.2 Å². The molecule has 0 aromatic carbocycles. The summed E-state index contributed by atoms with van der Waals surface area (Å²) >= 11 is 6.02. The van der Waals surface area contributed by atoms with E-state index < -0.39 is 0 Å². The van der Waals surface area contributed by atoms with Crippen LogP contribution in [0.15, 0.2) is 18.5 Å². The maximum absolute atomic E-state index is 6.02. The Balaban J connectivity index is 1.95. The summed E-state index contributed by atoms with van der Waals surface area (Å²) in [5, 5.41) is 13.6. The highest BCUT2D eigenvalue weighted by molar-refractivity contribution is 6.34. The number of ether oxygens (including phenoxy) is 1. The first-order chi connectivity index (χ1) is 8.79. The largest absolute Gasteiger partial charge is 0.379 e. The summed E-state index contributed by atoms with van der Waals surface area (Å²) in [5.41, 5.74) is 0. The van der Waals surface area contributed by atoms with Crippen molar-refractivity contribution in [1.82, 2.24) is 15.2 Å². The molecule has 2 aromatic heterocycles. The quantitative estimate of drug-likeness (QED) is 0.922. The normalized spacial score (nSPS) is 22.8. The number of aromatic nitrogens is 3. The van der Waals surface area contributed by atoms with Crippen LogP contribution in [0.3, 0.4) is 0 Å². The van der Waals surface area contributed by atoms with Gasteiger partial charge in [-0.25, -0.2) is 0 Å². The number of halogens is 1. The van der Waals surface area contributed by atoms with E-state index in [2.05, 4.69) is 20.5 Å². The number of pyridine rings is 1. The molecule has 1 saturated carbocycles. The van der Waals surface area contributed by atoms with Gasteiger partial charge in [0.15, 0.2) is 11.0 Å². The summed E-state index contributed by atoms with van der Waals surface area (Å²) in [5.74, 6) is 0.717. The summed E-state index contributed by atoms with van der Waals surface area (Å²) in [6, 6.07) is 2.13. The minimum Gasteiger partial charge on any atom is -0.379 e. The molecule has 2 atom stereocenters. The molecule has 0 spiro atoms. The molecule has 2 aromatic rings. The molecule has 18 heavy (non-hydrogen) atoms. The topological polar surface area (TPSA) is 59.9 Å². The van der Waals surface area contributed by atoms with E-state index >= 15 is 0 Å². The van der Waals surface area contributed by atoms with E-state index in [1.54, 1.807) is 19.5 Å². The Morgan fingerprint density at radius 1 is 1.33 bits per heavy atom. The van der Waals surface area contributed by atoms with Crippen LogP contribution >= 0.6 is 11.6 Å². The van der Waals surface area contributed by atoms with Gasteiger partial charge in [0.25, 0.3) is 0 Å². The van der Waals surface area contributed by atoms with Gasteiger partial charge in [-0.2, -0.15) is 0 Å². The van der Waals surface area contributed by atoms with Crippen molar-refractivity contribution in [2.24, 2.45) is 0 Å². The SMILES string of the molecule is CO[C@@H]1CC[C@H]1Nc1nnc(Cl)c2ccncc12. The number of nitrogens with zero attached hydrogens (tertiary/aromatic N) is 3. The van der Waals surface area contributed by atoms with Gasteiger partial charge in [-0.15, -0.1) is 10.2 Å². The fraction of sp³-hybridized carbons (Fsp3) is 0.417. The highest BCUT2D eigenvalue weighted by Crippen LogP contribution is 2.30. The molecule has 1 aliphatic rings. The van der Waals surface area contributed by atoms with Crippen LogP contribution in [0, 0.1) is 0 Å². The maximum Gasteiger partial charge on any atom is 0.159 e. The summed E-state index contributed by atoms with van der Waals surface area (Å²) < 4.78 is 5.35. The molecule has 1 fully saturated rings. The smallest absolute Gasteiger partial charge is 0.159 e. The number of fused-ring (bicyclic) bond motifs is 1. The number of nitrogens with one attached hydrogen (secondary N) is 1. The molecule has 0 amide bonds. The molecule has 0 aliphatic heterocycles. The highest BCUT2D eigenvalue weighted by atomic mass is 35.5. The Kier molecular flexibility index (Phi) is 3.01. The van der Waals surface area contributed by atoms with Crippen molar-refractivity contribution in [3.63, 3.8) is 0 Å². The molecule has 2 heterocycles. The van der Waals surface area contributed by atoms with Gasteiger partial charge in [0.1, 0.15) is 0 Å². The van der Waals surface area contributed by atoms with Crippen LogP contribution in [0.4, 0.5) is 5.82 Å². The van der Waals surface area contributed by atoms with Gasteiger partial charge in [0.2, 0.25) is 0 Å². The summed E-state index contributed by atoms with van der Waals surface area (Å²) in [6.45, 7) is 0. The molecule has 0 saturated heterocycles. The summed E-state index contributed by atoms with van der Waals surface area (Å²) in [6.07, 6.45) is 5.84. The van der Waals surface area contributed by atoms with Crippen molar-refractivity contribution in [3.8, 4) is 0 Å². The van der Waals surface area contributed by atoms with Crippen molar-refractivity contribution in [3.05, 3.63) is 23.6 Å². The maximum atomic E-state index is 6.02. The molecule has 3 rings (SSSR count). The minimum atomic E-state index is 0.245. The summed E-state index contributed by atoms with van der Waals surface area (Å²) in [7, 11) is 1.73. The molecule has 0 radical (unpaired) electrons. The number of methoxy groups -OCH3 is 1. The molecule has 94 valence electrons. The van der Waals surface area contributed by atoms with E-state index in [1.807, 2.05) is 6.07 Å². The summed E-state index contributed by atoms with van der Waals surface area (Å²) in [4.78, 5) is 4.11. The lowest BCUT2D eigenvalue weighted by atomic mass is 9.89. The third-order valence-corrected chi connectivity index (χ3v) is 3.65. The number of rotatable bonds is 3. The molecular weight excluding hydrogens is 252 g/mol. The second kappa shape index (κ2) is 4.66. The average Bonchev–Trinajstić information content (AvgIpc) is 2.38. The third kappa shape index (κ3) is 1.89. The van der Waals surface area contributed by atoms with Crippen LogP contribution in [-0.2, 0) is 4.74 Å². The Morgan fingerprint density at radius 3 is 2.94 bits per heavy atom. The van der Waals surface area contributed by atoms with E-state index in [0.29, 0.717) is 11.0 Å². The standard InChI is InChI=1S/C12H13ClN4O/c1-18-10-3-2-9(10)15-12-8-6-14-5-4-7(8)11(13)16-17-12/h4-6,9-10H,2-3H2,1H3,(H,15,17)/t9-,10-/m1/s1. The zero-order valence-corrected chi connectivity index (χ0v) is 10.7. The van der Waals surface area contributed by atoms with Crippen molar-refractivity contribution < 1.29 is 4.74 Å². The lowest BCUT2D eigenvalue weighted by Gasteiger charge is -2.36.